The Morgan fingerprint density at radius 2 is 0.747 bits per heavy atom. The number of fused-ring (bicyclic) bond motifs is 15. The molecule has 4 unspecified atom stereocenters. The zero-order valence-corrected chi connectivity index (χ0v) is 44.8. The zero-order valence-electron chi connectivity index (χ0n) is 44.8. The summed E-state index contributed by atoms with van der Waals surface area (Å²) in [6.07, 6.45) is 5.53. The van der Waals surface area contributed by atoms with Crippen molar-refractivity contribution >= 4 is 34.1 Å². The van der Waals surface area contributed by atoms with E-state index in [0.717, 1.165) is 46.0 Å². The smallest absolute Gasteiger partial charge is 0.0727 e. The van der Waals surface area contributed by atoms with Crippen LogP contribution >= 0.6 is 0 Å². The largest absolute Gasteiger partial charge is 0.310 e. The average Bonchev–Trinajstić information content (AvgIpc) is 3.59. The molecule has 2 fully saturated rings. The molecule has 5 aliphatic carbocycles. The van der Waals surface area contributed by atoms with Crippen molar-refractivity contribution in [2.45, 2.75) is 56.3 Å². The summed E-state index contributed by atoms with van der Waals surface area (Å²) in [7, 11) is 0. The van der Waals surface area contributed by atoms with E-state index in [0.29, 0.717) is 5.92 Å². The van der Waals surface area contributed by atoms with Crippen LogP contribution in [0.5, 0.6) is 0 Å². The van der Waals surface area contributed by atoms with Gasteiger partial charge in [0.1, 0.15) is 0 Å². The molecule has 16 rings (SSSR count). The van der Waals surface area contributed by atoms with Crippen LogP contribution in [0.4, 0.5) is 34.1 Å². The Morgan fingerprint density at radius 1 is 0.316 bits per heavy atom. The summed E-state index contributed by atoms with van der Waals surface area (Å²) in [6, 6.07) is 99.1. The lowest BCUT2D eigenvalue weighted by atomic mass is 9.70. The van der Waals surface area contributed by atoms with Crippen molar-refractivity contribution in [3.05, 3.63) is 300 Å². The maximum Gasteiger partial charge on any atom is 0.0727 e. The standard InChI is InChI=1S/C77H60N2/c1-76(2)68-32-18-15-29-59(68)65-45-58(41-42-69(65)76)79(57-27-13-6-14-28-57)75-49-73-66(46-63(75)51-21-7-3-8-22-51)60-30-16-19-33-70(60)77(73)71-34-20-17-31-61(71)67-47-64(53-39-37-52(38-40-53)62-44-50-35-36-54(62)43-50)74(48-72(67)77)78(55-23-9-4-10-24-55)56-25-11-5-12-26-56/h3-34,37-42,45-50,54,62H,35-36,43-44H2,1-2H3. The first-order valence-corrected chi connectivity index (χ1v) is 28.7. The van der Waals surface area contributed by atoms with E-state index in [2.05, 4.69) is 285 Å². The second-order valence-electron chi connectivity index (χ2n) is 23.5. The van der Waals surface area contributed by atoms with Crippen LogP contribution in [0.25, 0.3) is 55.6 Å². The molecule has 79 heavy (non-hydrogen) atoms. The molecule has 2 heteroatoms. The van der Waals surface area contributed by atoms with Gasteiger partial charge in [-0.25, -0.2) is 0 Å². The van der Waals surface area contributed by atoms with Gasteiger partial charge in [-0.05, 0) is 193 Å². The lowest BCUT2D eigenvalue weighted by Gasteiger charge is -2.35. The SMILES string of the molecule is CC1(C)c2ccccc2-c2cc(N(c3ccccc3)c3cc4c(cc3-c3ccccc3)-c3ccccc3C43c4ccccc4-c4cc(-c5ccc(C6CC7CCC6C7)cc5)c(N(c5ccccc5)c5ccccc5)cc43)ccc21. The lowest BCUT2D eigenvalue weighted by Crippen LogP contribution is -2.27. The van der Waals surface area contributed by atoms with Gasteiger partial charge < -0.3 is 9.80 Å². The predicted octanol–water partition coefficient (Wildman–Crippen LogP) is 20.5. The number of rotatable bonds is 9. The first-order valence-electron chi connectivity index (χ1n) is 28.7. The molecule has 0 N–H and O–H groups in total. The molecule has 11 aromatic carbocycles. The fraction of sp³-hybridized carbons (Fsp3) is 0.143. The van der Waals surface area contributed by atoms with Gasteiger partial charge in [-0.1, -0.05) is 208 Å². The normalized spacial score (nSPS) is 19.1. The van der Waals surface area contributed by atoms with Crippen LogP contribution < -0.4 is 9.80 Å². The van der Waals surface area contributed by atoms with E-state index in [4.69, 9.17) is 0 Å². The molecule has 2 nitrogen and oxygen atoms in total. The van der Waals surface area contributed by atoms with Gasteiger partial charge in [-0.2, -0.15) is 0 Å². The van der Waals surface area contributed by atoms with Crippen LogP contribution in [0, 0.1) is 11.8 Å². The molecule has 0 radical (unpaired) electrons. The molecule has 378 valence electrons. The van der Waals surface area contributed by atoms with E-state index in [1.54, 1.807) is 0 Å². The topological polar surface area (TPSA) is 6.48 Å². The van der Waals surface area contributed by atoms with Crippen molar-refractivity contribution in [2.24, 2.45) is 11.8 Å². The number of hydrogen-bond acceptors (Lipinski definition) is 2. The molecule has 5 aliphatic rings. The van der Waals surface area contributed by atoms with Crippen molar-refractivity contribution in [1.29, 1.82) is 0 Å². The van der Waals surface area contributed by atoms with E-state index in [1.165, 1.54) is 120 Å². The van der Waals surface area contributed by atoms with Crippen molar-refractivity contribution in [3.63, 3.8) is 0 Å². The maximum absolute atomic E-state index is 2.60. The van der Waals surface area contributed by atoms with Crippen LogP contribution in [0.15, 0.2) is 261 Å². The van der Waals surface area contributed by atoms with E-state index >= 15 is 0 Å². The molecule has 2 saturated carbocycles. The van der Waals surface area contributed by atoms with Crippen molar-refractivity contribution in [1.82, 2.24) is 0 Å². The quantitative estimate of drug-likeness (QED) is 0.142. The fourth-order valence-corrected chi connectivity index (χ4v) is 15.6. The number of hydrogen-bond donors (Lipinski definition) is 0. The molecule has 11 aromatic rings. The summed E-state index contributed by atoms with van der Waals surface area (Å²) < 4.78 is 0. The van der Waals surface area contributed by atoms with Gasteiger partial charge in [-0.15, -0.1) is 0 Å². The minimum Gasteiger partial charge on any atom is -0.310 e. The Kier molecular flexibility index (Phi) is 10.4. The second-order valence-corrected chi connectivity index (χ2v) is 23.5. The summed E-state index contributed by atoms with van der Waals surface area (Å²) in [5.41, 5.74) is 28.0. The van der Waals surface area contributed by atoms with Gasteiger partial charge >= 0.3 is 0 Å². The monoisotopic (exact) mass is 1010 g/mol. The van der Waals surface area contributed by atoms with Crippen molar-refractivity contribution < 1.29 is 0 Å². The molecule has 0 aromatic heterocycles. The molecule has 1 spiro atoms. The van der Waals surface area contributed by atoms with E-state index in [9.17, 15) is 0 Å². The highest BCUT2D eigenvalue weighted by Gasteiger charge is 2.53. The molecule has 0 heterocycles. The first kappa shape index (κ1) is 46.1. The number of anilines is 6. The first-order chi connectivity index (χ1) is 38.9. The number of para-hydroxylation sites is 3. The van der Waals surface area contributed by atoms with Crippen LogP contribution in [0.1, 0.15) is 84.4 Å². The van der Waals surface area contributed by atoms with Gasteiger partial charge in [0.05, 0.1) is 16.8 Å². The Bertz CT molecular complexity index is 4140. The van der Waals surface area contributed by atoms with E-state index < -0.39 is 5.41 Å². The minimum atomic E-state index is -0.664. The Morgan fingerprint density at radius 3 is 1.25 bits per heavy atom. The van der Waals surface area contributed by atoms with Gasteiger partial charge in [0.2, 0.25) is 0 Å². The van der Waals surface area contributed by atoms with Gasteiger partial charge in [0, 0.05) is 39.3 Å². The molecule has 4 atom stereocenters. The highest BCUT2D eigenvalue weighted by atomic mass is 15.2. The Labute approximate surface area is 465 Å². The van der Waals surface area contributed by atoms with Crippen LogP contribution in [-0.2, 0) is 10.8 Å². The minimum absolute atomic E-state index is 0.111. The average molecular weight is 1010 g/mol. The summed E-state index contributed by atoms with van der Waals surface area (Å²) >= 11 is 0. The molecular formula is C77H60N2. The van der Waals surface area contributed by atoms with Crippen LogP contribution in [0.2, 0.25) is 0 Å². The summed E-state index contributed by atoms with van der Waals surface area (Å²) in [4.78, 5) is 5.04. The third kappa shape index (κ3) is 6.90. The maximum atomic E-state index is 2.60. The molecule has 2 bridgehead atoms. The van der Waals surface area contributed by atoms with Gasteiger partial charge in [0.25, 0.3) is 0 Å². The number of benzene rings is 11. The van der Waals surface area contributed by atoms with Gasteiger partial charge in [-0.3, -0.25) is 0 Å². The Balaban J connectivity index is 0.982. The van der Waals surface area contributed by atoms with E-state index in [1.807, 2.05) is 0 Å². The second kappa shape index (κ2) is 17.8. The van der Waals surface area contributed by atoms with Crippen molar-refractivity contribution in [2.75, 3.05) is 9.80 Å². The highest BCUT2D eigenvalue weighted by molar-refractivity contribution is 6.03. The van der Waals surface area contributed by atoms with Crippen LogP contribution in [-0.4, -0.2) is 0 Å². The molecule has 0 aliphatic heterocycles. The third-order valence-corrected chi connectivity index (χ3v) is 19.1. The third-order valence-electron chi connectivity index (χ3n) is 19.1. The van der Waals surface area contributed by atoms with E-state index in [-0.39, 0.29) is 5.41 Å². The van der Waals surface area contributed by atoms with Crippen LogP contribution in [0.3, 0.4) is 0 Å². The molecule has 0 amide bonds. The summed E-state index contributed by atoms with van der Waals surface area (Å²) in [5, 5.41) is 0. The molecular weight excluding hydrogens is 953 g/mol. The van der Waals surface area contributed by atoms with Crippen molar-refractivity contribution in [3.8, 4) is 55.6 Å². The zero-order chi connectivity index (χ0) is 52.4. The predicted molar refractivity (Wildman–Crippen MR) is 329 cm³/mol. The number of nitrogens with zero attached hydrogens (tertiary/aromatic N) is 2. The molecule has 0 saturated heterocycles. The highest BCUT2D eigenvalue weighted by Crippen LogP contribution is 2.66. The summed E-state index contributed by atoms with van der Waals surface area (Å²) in [5.74, 6) is 2.39. The van der Waals surface area contributed by atoms with Gasteiger partial charge in [0.15, 0.2) is 0 Å². The fourth-order valence-electron chi connectivity index (χ4n) is 15.6. The summed E-state index contributed by atoms with van der Waals surface area (Å²) in [6.45, 7) is 4.75. The lowest BCUT2D eigenvalue weighted by molar-refractivity contribution is 0.420. The Hall–Kier alpha value is -8.98.